The largest absolute Gasteiger partial charge is 0.456 e. The van der Waals surface area contributed by atoms with E-state index in [1.54, 1.807) is 13.0 Å². The number of hydrogen-bond donors (Lipinski definition) is 0. The number of carbonyl (C=O) groups is 1. The highest BCUT2D eigenvalue weighted by molar-refractivity contribution is 9.10. The van der Waals surface area contributed by atoms with Gasteiger partial charge < -0.3 is 9.32 Å². The molecule has 7 aromatic rings. The Hall–Kier alpha value is -4.93. The molecule has 0 spiro atoms. The molecule has 0 amide bonds. The minimum absolute atomic E-state index is 0.0903. The number of benzene rings is 6. The molecule has 0 aliphatic carbocycles. The number of para-hydroxylation sites is 2. The lowest BCUT2D eigenvalue weighted by molar-refractivity contribution is 0.101. The molecule has 0 saturated heterocycles. The van der Waals surface area contributed by atoms with Crippen LogP contribution in [0.1, 0.15) is 17.3 Å². The van der Waals surface area contributed by atoms with Crippen LogP contribution in [0, 0.1) is 0 Å². The maximum Gasteiger partial charge on any atom is 0.160 e. The topological polar surface area (TPSA) is 33.5 Å². The number of rotatable bonds is 5. The van der Waals surface area contributed by atoms with Crippen molar-refractivity contribution in [1.29, 1.82) is 0 Å². The van der Waals surface area contributed by atoms with E-state index in [0.29, 0.717) is 0 Å². The molecule has 1 aromatic heterocycles. The third-order valence-corrected chi connectivity index (χ3v) is 7.81. The number of furan rings is 1. The second-order valence-electron chi connectivity index (χ2n) is 9.90. The number of hydrogen-bond acceptors (Lipinski definition) is 3. The highest BCUT2D eigenvalue weighted by atomic mass is 79.9. The van der Waals surface area contributed by atoms with Crippen LogP contribution in [-0.4, -0.2) is 5.78 Å². The smallest absolute Gasteiger partial charge is 0.160 e. The Morgan fingerprint density at radius 2 is 1.10 bits per heavy atom. The molecule has 0 N–H and O–H groups in total. The van der Waals surface area contributed by atoms with Crippen LogP contribution < -0.4 is 4.90 Å². The molecule has 0 aliphatic heterocycles. The van der Waals surface area contributed by atoms with Crippen LogP contribution in [0.4, 0.5) is 17.1 Å². The fourth-order valence-corrected chi connectivity index (χ4v) is 5.62. The van der Waals surface area contributed by atoms with Crippen molar-refractivity contribution in [2.24, 2.45) is 0 Å². The van der Waals surface area contributed by atoms with Crippen molar-refractivity contribution >= 4 is 60.7 Å². The van der Waals surface area contributed by atoms with Gasteiger partial charge in [-0.1, -0.05) is 113 Å². The minimum Gasteiger partial charge on any atom is -0.456 e. The molecule has 204 valence electrons. The average molecular weight is 611 g/mol. The Morgan fingerprint density at radius 3 is 1.79 bits per heavy atom. The van der Waals surface area contributed by atoms with Gasteiger partial charge in [0.1, 0.15) is 11.2 Å². The van der Waals surface area contributed by atoms with E-state index in [9.17, 15) is 4.79 Å². The summed E-state index contributed by atoms with van der Waals surface area (Å²) < 4.78 is 7.03. The normalized spacial score (nSPS) is 10.7. The second-order valence-corrected chi connectivity index (χ2v) is 10.8. The quantitative estimate of drug-likeness (QED) is 0.182. The third kappa shape index (κ3) is 5.76. The zero-order valence-corrected chi connectivity index (χ0v) is 24.7. The van der Waals surface area contributed by atoms with E-state index < -0.39 is 0 Å². The fourth-order valence-electron chi connectivity index (χ4n) is 5.06. The van der Waals surface area contributed by atoms with Gasteiger partial charge in [-0.3, -0.25) is 4.79 Å². The molecule has 0 saturated carbocycles. The van der Waals surface area contributed by atoms with Crippen molar-refractivity contribution < 1.29 is 9.21 Å². The Labute approximate surface area is 253 Å². The van der Waals surface area contributed by atoms with Crippen molar-refractivity contribution in [2.75, 3.05) is 4.90 Å². The predicted molar refractivity (Wildman–Crippen MR) is 178 cm³/mol. The molecule has 4 heteroatoms. The van der Waals surface area contributed by atoms with Gasteiger partial charge in [0.25, 0.3) is 0 Å². The van der Waals surface area contributed by atoms with Gasteiger partial charge >= 0.3 is 0 Å². The van der Waals surface area contributed by atoms with E-state index in [2.05, 4.69) is 124 Å². The Balaban J connectivity index is 0.000000269. The molecule has 0 aliphatic rings. The Kier molecular flexibility index (Phi) is 7.98. The van der Waals surface area contributed by atoms with Gasteiger partial charge in [0.05, 0.1) is 0 Å². The van der Waals surface area contributed by atoms with Crippen LogP contribution in [0.15, 0.2) is 161 Å². The zero-order valence-electron chi connectivity index (χ0n) is 23.1. The fraction of sp³-hybridized carbons (Fsp3) is 0.0263. The molecule has 6 aromatic carbocycles. The van der Waals surface area contributed by atoms with Gasteiger partial charge in [-0.05, 0) is 66.6 Å². The summed E-state index contributed by atoms with van der Waals surface area (Å²) in [6.07, 6.45) is 0. The first-order chi connectivity index (χ1) is 20.6. The standard InChI is InChI=1S/C30H21NO.C8H7BrO/c1-3-9-22(10-4-1)23-15-17-25(18-16-23)31(24-11-5-2-6-12-24)26-19-20-28-27-13-7-8-14-29(27)32-30(28)21-26;1-6(10)7-4-2-3-5-8(7)9/h1-21H;2-5H,1H3. The number of fused-ring (bicyclic) bond motifs is 3. The lowest BCUT2D eigenvalue weighted by atomic mass is 10.0. The summed E-state index contributed by atoms with van der Waals surface area (Å²) in [7, 11) is 0. The van der Waals surface area contributed by atoms with E-state index in [4.69, 9.17) is 4.42 Å². The maximum atomic E-state index is 10.8. The summed E-state index contributed by atoms with van der Waals surface area (Å²) in [4.78, 5) is 13.1. The Morgan fingerprint density at radius 1 is 0.548 bits per heavy atom. The number of nitrogens with zero attached hydrogens (tertiary/aromatic N) is 1. The van der Waals surface area contributed by atoms with E-state index in [1.807, 2.05) is 42.5 Å². The number of anilines is 3. The molecule has 3 nitrogen and oxygen atoms in total. The van der Waals surface area contributed by atoms with Crippen LogP contribution in [0.25, 0.3) is 33.1 Å². The van der Waals surface area contributed by atoms with Gasteiger partial charge in [-0.2, -0.15) is 0 Å². The molecule has 0 atom stereocenters. The van der Waals surface area contributed by atoms with Gasteiger partial charge in [0, 0.05) is 43.9 Å². The molecule has 0 radical (unpaired) electrons. The molecule has 0 bridgehead atoms. The van der Waals surface area contributed by atoms with Crippen LogP contribution >= 0.6 is 15.9 Å². The first-order valence-electron chi connectivity index (χ1n) is 13.8. The molecule has 0 fully saturated rings. The Bertz CT molecular complexity index is 1960. The van der Waals surface area contributed by atoms with E-state index >= 15 is 0 Å². The van der Waals surface area contributed by atoms with Crippen LogP contribution in [-0.2, 0) is 0 Å². The zero-order chi connectivity index (χ0) is 28.9. The number of carbonyl (C=O) groups excluding carboxylic acids is 1. The SMILES string of the molecule is CC(=O)c1ccccc1Br.c1ccc(-c2ccc(N(c3ccccc3)c3ccc4c(c3)oc3ccccc34)cc2)cc1. The second kappa shape index (κ2) is 12.3. The van der Waals surface area contributed by atoms with E-state index in [-0.39, 0.29) is 5.78 Å². The summed E-state index contributed by atoms with van der Waals surface area (Å²) in [5.41, 5.74) is 8.24. The van der Waals surface area contributed by atoms with Crippen molar-refractivity contribution in [3.05, 3.63) is 162 Å². The van der Waals surface area contributed by atoms with E-state index in [0.717, 1.165) is 49.0 Å². The molecular weight excluding hydrogens is 582 g/mol. The molecule has 0 unspecified atom stereocenters. The van der Waals surface area contributed by atoms with Gasteiger partial charge in [0.15, 0.2) is 5.78 Å². The number of ketones is 1. The molecule has 7 rings (SSSR count). The monoisotopic (exact) mass is 609 g/mol. The summed E-state index contributed by atoms with van der Waals surface area (Å²) in [5.74, 6) is 0.0903. The summed E-state index contributed by atoms with van der Waals surface area (Å²) >= 11 is 3.28. The number of halogens is 1. The minimum atomic E-state index is 0.0903. The van der Waals surface area contributed by atoms with Gasteiger partial charge in [-0.15, -0.1) is 0 Å². The van der Waals surface area contributed by atoms with Crippen molar-refractivity contribution in [2.45, 2.75) is 6.92 Å². The van der Waals surface area contributed by atoms with Crippen LogP contribution in [0.5, 0.6) is 0 Å². The predicted octanol–water partition coefficient (Wildman–Crippen LogP) is 11.4. The highest BCUT2D eigenvalue weighted by Gasteiger charge is 2.15. The highest BCUT2D eigenvalue weighted by Crippen LogP contribution is 2.38. The van der Waals surface area contributed by atoms with Crippen molar-refractivity contribution in [3.8, 4) is 11.1 Å². The van der Waals surface area contributed by atoms with Gasteiger partial charge in [0.2, 0.25) is 0 Å². The molecule has 1 heterocycles. The number of Topliss-reactive ketones (excluding diaryl/α,β-unsaturated/α-hetero) is 1. The molecular formula is C38H28BrNO2. The van der Waals surface area contributed by atoms with Crippen molar-refractivity contribution in [3.63, 3.8) is 0 Å². The lowest BCUT2D eigenvalue weighted by Gasteiger charge is -2.25. The van der Waals surface area contributed by atoms with Crippen molar-refractivity contribution in [1.82, 2.24) is 0 Å². The maximum absolute atomic E-state index is 10.8. The molecule has 42 heavy (non-hydrogen) atoms. The van der Waals surface area contributed by atoms with Crippen LogP contribution in [0.2, 0.25) is 0 Å². The average Bonchev–Trinajstić information content (AvgIpc) is 3.41. The first kappa shape index (κ1) is 27.3. The lowest BCUT2D eigenvalue weighted by Crippen LogP contribution is -2.09. The third-order valence-electron chi connectivity index (χ3n) is 7.12. The van der Waals surface area contributed by atoms with Gasteiger partial charge in [-0.25, -0.2) is 0 Å². The van der Waals surface area contributed by atoms with E-state index in [1.165, 1.54) is 11.1 Å². The summed E-state index contributed by atoms with van der Waals surface area (Å²) in [6.45, 7) is 1.56. The van der Waals surface area contributed by atoms with Crippen LogP contribution in [0.3, 0.4) is 0 Å². The summed E-state index contributed by atoms with van der Waals surface area (Å²) in [5, 5.41) is 2.28. The first-order valence-corrected chi connectivity index (χ1v) is 14.6. The summed E-state index contributed by atoms with van der Waals surface area (Å²) in [6, 6.07) is 51.7.